The van der Waals surface area contributed by atoms with Gasteiger partial charge in [-0.3, -0.25) is 4.79 Å². The highest BCUT2D eigenvalue weighted by atomic mass is 32.2. The zero-order chi connectivity index (χ0) is 25.5. The second-order valence-corrected chi connectivity index (χ2v) is 10.4. The van der Waals surface area contributed by atoms with Crippen LogP contribution >= 0.6 is 0 Å². The molecule has 0 saturated heterocycles. The molecule has 4 rings (SSSR count). The summed E-state index contributed by atoms with van der Waals surface area (Å²) in [6.45, 7) is 4.08. The molecular formula is C28H27N3O4S. The van der Waals surface area contributed by atoms with Gasteiger partial charge in [-0.2, -0.15) is 9.41 Å². The molecule has 1 aromatic heterocycles. The van der Waals surface area contributed by atoms with E-state index in [-0.39, 0.29) is 23.9 Å². The van der Waals surface area contributed by atoms with Crippen molar-refractivity contribution in [3.63, 3.8) is 0 Å². The number of hydrazone groups is 1. The molecule has 8 heteroatoms. The van der Waals surface area contributed by atoms with Crippen molar-refractivity contribution in [2.75, 3.05) is 0 Å². The molecule has 0 unspecified atom stereocenters. The number of amides is 1. The molecule has 0 fully saturated rings. The van der Waals surface area contributed by atoms with Gasteiger partial charge in [-0.15, -0.1) is 0 Å². The molecule has 184 valence electrons. The molecule has 0 radical (unpaired) electrons. The quantitative estimate of drug-likeness (QED) is 0.257. The van der Waals surface area contributed by atoms with E-state index in [2.05, 4.69) is 10.5 Å². The fourth-order valence-electron chi connectivity index (χ4n) is 3.52. The number of rotatable bonds is 9. The van der Waals surface area contributed by atoms with Crippen LogP contribution in [0.25, 0.3) is 0 Å². The Kier molecular flexibility index (Phi) is 7.77. The Morgan fingerprint density at radius 2 is 1.50 bits per heavy atom. The van der Waals surface area contributed by atoms with Crippen LogP contribution in [0.15, 0.2) is 105 Å². The molecule has 1 heterocycles. The molecule has 3 aromatic carbocycles. The zero-order valence-electron chi connectivity index (χ0n) is 20.1. The van der Waals surface area contributed by atoms with Gasteiger partial charge in [0.15, 0.2) is 0 Å². The monoisotopic (exact) mass is 501 g/mol. The van der Waals surface area contributed by atoms with Crippen LogP contribution in [0.2, 0.25) is 0 Å². The number of hydrogen-bond donors (Lipinski definition) is 1. The van der Waals surface area contributed by atoms with Crippen LogP contribution < -0.4 is 5.43 Å². The minimum atomic E-state index is -3.78. The molecular weight excluding hydrogens is 474 g/mol. The Labute approximate surface area is 211 Å². The second kappa shape index (κ2) is 11.2. The molecule has 0 spiro atoms. The average molecular weight is 502 g/mol. The molecule has 1 N–H and O–H groups in total. The number of nitrogens with zero attached hydrogens (tertiary/aromatic N) is 2. The Bertz CT molecular complexity index is 1440. The maximum Gasteiger partial charge on any atom is 0.271 e. The van der Waals surface area contributed by atoms with E-state index >= 15 is 0 Å². The van der Waals surface area contributed by atoms with Gasteiger partial charge in [0.1, 0.15) is 11.5 Å². The molecule has 0 atom stereocenters. The number of aryl methyl sites for hydroxylation is 2. The minimum absolute atomic E-state index is 0.0364. The first-order valence-electron chi connectivity index (χ1n) is 11.4. The highest BCUT2D eigenvalue weighted by Gasteiger charge is 2.26. The molecule has 0 aliphatic carbocycles. The van der Waals surface area contributed by atoms with Crippen LogP contribution in [0.4, 0.5) is 0 Å². The topological polar surface area (TPSA) is 92.0 Å². The van der Waals surface area contributed by atoms with Crippen molar-refractivity contribution < 1.29 is 17.6 Å². The predicted octanol–water partition coefficient (Wildman–Crippen LogP) is 5.05. The summed E-state index contributed by atoms with van der Waals surface area (Å²) in [4.78, 5) is 12.4. The van der Waals surface area contributed by atoms with Crippen molar-refractivity contribution >= 4 is 22.1 Å². The lowest BCUT2D eigenvalue weighted by Crippen LogP contribution is -2.30. The Hall–Kier alpha value is -4.01. The number of carbonyl (C=O) groups excluding carboxylic acids is 1. The number of hydrogen-bond acceptors (Lipinski definition) is 5. The van der Waals surface area contributed by atoms with Gasteiger partial charge in [-0.1, -0.05) is 65.7 Å². The lowest BCUT2D eigenvalue weighted by molar-refractivity contribution is 0.0955. The number of sulfonamides is 1. The van der Waals surface area contributed by atoms with E-state index in [1.807, 2.05) is 56.3 Å². The largest absolute Gasteiger partial charge is 0.459 e. The molecule has 0 aliphatic heterocycles. The third-order valence-corrected chi connectivity index (χ3v) is 7.35. The first-order valence-corrected chi connectivity index (χ1v) is 12.8. The van der Waals surface area contributed by atoms with Crippen LogP contribution in [0, 0.1) is 13.8 Å². The Morgan fingerprint density at radius 1 is 0.861 bits per heavy atom. The average Bonchev–Trinajstić information content (AvgIpc) is 3.32. The van der Waals surface area contributed by atoms with Gasteiger partial charge in [-0.05, 0) is 55.8 Å². The first-order chi connectivity index (χ1) is 17.3. The summed E-state index contributed by atoms with van der Waals surface area (Å²) in [5.74, 6) is 0.505. The van der Waals surface area contributed by atoms with E-state index in [0.29, 0.717) is 17.1 Å². The van der Waals surface area contributed by atoms with E-state index in [9.17, 15) is 13.2 Å². The van der Waals surface area contributed by atoms with E-state index in [4.69, 9.17) is 4.42 Å². The van der Waals surface area contributed by atoms with Crippen molar-refractivity contribution in [1.82, 2.24) is 9.73 Å². The van der Waals surface area contributed by atoms with Crippen molar-refractivity contribution in [2.24, 2.45) is 5.10 Å². The van der Waals surface area contributed by atoms with Crippen molar-refractivity contribution in [3.05, 3.63) is 125 Å². The van der Waals surface area contributed by atoms with Gasteiger partial charge in [-0.25, -0.2) is 13.8 Å². The van der Waals surface area contributed by atoms with Crippen LogP contribution in [-0.2, 0) is 23.1 Å². The summed E-state index contributed by atoms with van der Waals surface area (Å²) < 4.78 is 34.1. The summed E-state index contributed by atoms with van der Waals surface area (Å²) >= 11 is 0. The molecule has 4 aromatic rings. The predicted molar refractivity (Wildman–Crippen MR) is 139 cm³/mol. The van der Waals surface area contributed by atoms with Crippen LogP contribution in [-0.4, -0.2) is 24.8 Å². The Balaban J connectivity index is 1.49. The fourth-order valence-corrected chi connectivity index (χ4v) is 4.91. The molecule has 36 heavy (non-hydrogen) atoms. The SMILES string of the molecule is Cc1ccc(C(=O)N/N=C\c2ccc(CN(Cc3ccccc3)S(=O)(=O)c3ccc(C)cc3)o2)cc1. The van der Waals surface area contributed by atoms with E-state index in [1.54, 1.807) is 48.5 Å². The van der Waals surface area contributed by atoms with Crippen LogP contribution in [0.3, 0.4) is 0 Å². The van der Waals surface area contributed by atoms with Gasteiger partial charge in [0.2, 0.25) is 10.0 Å². The molecule has 0 saturated carbocycles. The van der Waals surface area contributed by atoms with Gasteiger partial charge in [0, 0.05) is 12.1 Å². The molecule has 1 amide bonds. The Morgan fingerprint density at radius 3 is 2.17 bits per heavy atom. The van der Waals surface area contributed by atoms with Crippen molar-refractivity contribution in [1.29, 1.82) is 0 Å². The number of nitrogens with one attached hydrogen (secondary N) is 1. The van der Waals surface area contributed by atoms with E-state index in [0.717, 1.165) is 16.7 Å². The third-order valence-electron chi connectivity index (χ3n) is 5.55. The summed E-state index contributed by atoms with van der Waals surface area (Å²) in [5.41, 5.74) is 5.86. The number of furan rings is 1. The standard InChI is InChI=1S/C28H27N3O4S/c1-21-8-12-24(13-9-21)28(32)30-29-18-25-14-15-26(35-25)20-31(19-23-6-4-3-5-7-23)36(33,34)27-16-10-22(2)11-17-27/h3-18H,19-20H2,1-2H3,(H,30,32)/b29-18-. The fraction of sp³-hybridized carbons (Fsp3) is 0.143. The van der Waals surface area contributed by atoms with E-state index in [1.165, 1.54) is 10.5 Å². The summed E-state index contributed by atoms with van der Waals surface area (Å²) in [6.07, 6.45) is 1.38. The lowest BCUT2D eigenvalue weighted by atomic mass is 10.1. The zero-order valence-corrected chi connectivity index (χ0v) is 20.9. The normalized spacial score (nSPS) is 11.8. The van der Waals surface area contributed by atoms with Gasteiger partial charge in [0.05, 0.1) is 17.7 Å². The highest BCUT2D eigenvalue weighted by molar-refractivity contribution is 7.89. The van der Waals surface area contributed by atoms with Gasteiger partial charge < -0.3 is 4.42 Å². The maximum absolute atomic E-state index is 13.5. The van der Waals surface area contributed by atoms with Crippen molar-refractivity contribution in [3.8, 4) is 0 Å². The number of benzene rings is 3. The van der Waals surface area contributed by atoms with Crippen LogP contribution in [0.5, 0.6) is 0 Å². The summed E-state index contributed by atoms with van der Waals surface area (Å²) in [6, 6.07) is 26.7. The van der Waals surface area contributed by atoms with Gasteiger partial charge in [0.25, 0.3) is 5.91 Å². The molecule has 0 bridgehead atoms. The molecule has 0 aliphatic rings. The van der Waals surface area contributed by atoms with Gasteiger partial charge >= 0.3 is 0 Å². The molecule has 7 nitrogen and oxygen atoms in total. The smallest absolute Gasteiger partial charge is 0.271 e. The van der Waals surface area contributed by atoms with Crippen LogP contribution in [0.1, 0.15) is 38.6 Å². The minimum Gasteiger partial charge on any atom is -0.459 e. The maximum atomic E-state index is 13.5. The second-order valence-electron chi connectivity index (χ2n) is 8.44. The number of carbonyl (C=O) groups is 1. The summed E-state index contributed by atoms with van der Waals surface area (Å²) in [7, 11) is -3.78. The summed E-state index contributed by atoms with van der Waals surface area (Å²) in [5, 5.41) is 3.96. The van der Waals surface area contributed by atoms with E-state index < -0.39 is 10.0 Å². The third kappa shape index (κ3) is 6.35. The first kappa shape index (κ1) is 25.1. The van der Waals surface area contributed by atoms with Crippen molar-refractivity contribution in [2.45, 2.75) is 31.8 Å². The highest BCUT2D eigenvalue weighted by Crippen LogP contribution is 2.22. The lowest BCUT2D eigenvalue weighted by Gasteiger charge is -2.21.